The van der Waals surface area contributed by atoms with Crippen LogP contribution in [0.3, 0.4) is 0 Å². The van der Waals surface area contributed by atoms with E-state index in [1.54, 1.807) is 13.8 Å². The van der Waals surface area contributed by atoms with Crippen molar-refractivity contribution in [2.24, 2.45) is 22.7 Å². The maximum Gasteiger partial charge on any atom is 0.308 e. The van der Waals surface area contributed by atoms with Crippen LogP contribution in [0.1, 0.15) is 80.1 Å². The lowest BCUT2D eigenvalue weighted by Gasteiger charge is -2.62. The van der Waals surface area contributed by atoms with E-state index >= 15 is 0 Å². The quantitative estimate of drug-likeness (QED) is 0.512. The van der Waals surface area contributed by atoms with Crippen molar-refractivity contribution in [3.8, 4) is 0 Å². The molecule has 6 nitrogen and oxygen atoms in total. The van der Waals surface area contributed by atoms with Crippen LogP contribution in [-0.4, -0.2) is 46.1 Å². The Bertz CT molecular complexity index is 740. The number of rotatable bonds is 5. The molecule has 1 saturated heterocycles. The second kappa shape index (κ2) is 7.63. The summed E-state index contributed by atoms with van der Waals surface area (Å²) in [6.07, 6.45) is 5.33. The molecule has 2 N–H and O–H groups in total. The highest BCUT2D eigenvalue weighted by Crippen LogP contribution is 2.66. The molecule has 1 aliphatic heterocycles. The largest absolute Gasteiger partial charge is 0.481 e. The van der Waals surface area contributed by atoms with Gasteiger partial charge in [-0.3, -0.25) is 9.59 Å². The third kappa shape index (κ3) is 3.70. The van der Waals surface area contributed by atoms with Crippen LogP contribution in [0, 0.1) is 22.7 Å². The van der Waals surface area contributed by atoms with Gasteiger partial charge in [-0.25, -0.2) is 0 Å². The summed E-state index contributed by atoms with van der Waals surface area (Å²) in [5.41, 5.74) is -1.20. The molecule has 0 aromatic heterocycles. The normalized spacial score (nSPS) is 40.2. The van der Waals surface area contributed by atoms with Gasteiger partial charge in [-0.15, -0.1) is 0 Å². The zero-order valence-electron chi connectivity index (χ0n) is 19.3. The molecule has 5 atom stereocenters. The Balaban J connectivity index is 2.06. The number of fused-ring (bicyclic) bond motifs is 2. The van der Waals surface area contributed by atoms with E-state index in [4.69, 9.17) is 9.47 Å². The molecule has 6 heteroatoms. The van der Waals surface area contributed by atoms with E-state index in [0.717, 1.165) is 24.8 Å². The molecule has 0 aromatic carbocycles. The highest BCUT2D eigenvalue weighted by molar-refractivity contribution is 5.71. The summed E-state index contributed by atoms with van der Waals surface area (Å²) >= 11 is 0. The summed E-state index contributed by atoms with van der Waals surface area (Å²) in [5, 5.41) is 20.6. The molecule has 0 aromatic rings. The summed E-state index contributed by atoms with van der Waals surface area (Å²) in [6, 6.07) is 0. The van der Waals surface area contributed by atoms with Crippen LogP contribution >= 0.6 is 0 Å². The van der Waals surface area contributed by atoms with Crippen LogP contribution in [0.2, 0.25) is 0 Å². The molecule has 1 saturated carbocycles. The van der Waals surface area contributed by atoms with Crippen molar-refractivity contribution in [3.05, 3.63) is 11.6 Å². The summed E-state index contributed by atoms with van der Waals surface area (Å²) in [7, 11) is 0. The monoisotopic (exact) mass is 422 g/mol. The SMILES string of the molecule is CC(C)C(=O)OCC1=CC(O)C2C(C)(C)CCCC2(C)C12CCC(C)(CC(=O)O)O2. The highest BCUT2D eigenvalue weighted by atomic mass is 16.5. The van der Waals surface area contributed by atoms with Crippen molar-refractivity contribution in [1.82, 2.24) is 0 Å². The number of aliphatic carboxylic acids is 1. The van der Waals surface area contributed by atoms with Crippen molar-refractivity contribution < 1.29 is 29.3 Å². The Kier molecular flexibility index (Phi) is 5.92. The van der Waals surface area contributed by atoms with E-state index in [1.807, 2.05) is 13.0 Å². The van der Waals surface area contributed by atoms with Gasteiger partial charge < -0.3 is 19.7 Å². The van der Waals surface area contributed by atoms with Crippen LogP contribution in [0.5, 0.6) is 0 Å². The van der Waals surface area contributed by atoms with Gasteiger partial charge in [0.1, 0.15) is 6.61 Å². The van der Waals surface area contributed by atoms with Crippen molar-refractivity contribution in [2.75, 3.05) is 6.61 Å². The molecular weight excluding hydrogens is 384 g/mol. The van der Waals surface area contributed by atoms with E-state index in [0.29, 0.717) is 12.8 Å². The fourth-order valence-electron chi connectivity index (χ4n) is 6.70. The number of hydrogen-bond donors (Lipinski definition) is 2. The molecule has 30 heavy (non-hydrogen) atoms. The van der Waals surface area contributed by atoms with Crippen LogP contribution in [0.4, 0.5) is 0 Å². The number of aliphatic hydroxyl groups is 1. The first-order valence-corrected chi connectivity index (χ1v) is 11.2. The molecule has 0 amide bonds. The first-order valence-electron chi connectivity index (χ1n) is 11.2. The molecule has 0 radical (unpaired) electrons. The lowest BCUT2D eigenvalue weighted by molar-refractivity contribution is -0.212. The molecule has 3 rings (SSSR count). The average molecular weight is 423 g/mol. The van der Waals surface area contributed by atoms with Gasteiger partial charge in [0.2, 0.25) is 0 Å². The van der Waals surface area contributed by atoms with E-state index in [9.17, 15) is 19.8 Å². The third-order valence-electron chi connectivity index (χ3n) is 7.99. The predicted molar refractivity (Wildman–Crippen MR) is 113 cm³/mol. The Morgan fingerprint density at radius 3 is 2.43 bits per heavy atom. The third-order valence-corrected chi connectivity index (χ3v) is 7.99. The molecule has 2 fully saturated rings. The standard InChI is InChI=1S/C24H38O6/c1-15(2)20(28)29-14-16-12-17(25)19-21(3,4)8-7-9-23(19,6)24(16)11-10-22(5,30-24)13-18(26)27/h12,15,17,19,25H,7-11,13-14H2,1-6H3,(H,26,27). The van der Waals surface area contributed by atoms with Crippen LogP contribution < -0.4 is 0 Å². The van der Waals surface area contributed by atoms with Crippen molar-refractivity contribution in [3.63, 3.8) is 0 Å². The summed E-state index contributed by atoms with van der Waals surface area (Å²) in [4.78, 5) is 23.7. The number of ether oxygens (including phenoxy) is 2. The Hall–Kier alpha value is -1.40. The van der Waals surface area contributed by atoms with E-state index in [1.165, 1.54) is 0 Å². The number of carbonyl (C=O) groups is 2. The molecular formula is C24H38O6. The summed E-state index contributed by atoms with van der Waals surface area (Å²) in [5.74, 6) is -1.43. The molecule has 170 valence electrons. The van der Waals surface area contributed by atoms with E-state index in [2.05, 4.69) is 20.8 Å². The molecule has 1 heterocycles. The van der Waals surface area contributed by atoms with Crippen molar-refractivity contribution in [2.45, 2.75) is 97.4 Å². The van der Waals surface area contributed by atoms with Gasteiger partial charge in [-0.1, -0.05) is 47.1 Å². The summed E-state index contributed by atoms with van der Waals surface area (Å²) in [6.45, 7) is 12.1. The first kappa shape index (κ1) is 23.3. The van der Waals surface area contributed by atoms with Gasteiger partial charge in [0, 0.05) is 11.3 Å². The van der Waals surface area contributed by atoms with Gasteiger partial charge in [-0.2, -0.15) is 0 Å². The second-order valence-corrected chi connectivity index (χ2v) is 11.1. The number of esters is 1. The highest BCUT2D eigenvalue weighted by Gasteiger charge is 2.67. The Labute approximate surface area is 180 Å². The number of carboxylic acid groups (broad SMARTS) is 1. The van der Waals surface area contributed by atoms with Gasteiger partial charge in [0.05, 0.1) is 29.6 Å². The average Bonchev–Trinajstić information content (AvgIpc) is 2.94. The smallest absolute Gasteiger partial charge is 0.308 e. The summed E-state index contributed by atoms with van der Waals surface area (Å²) < 4.78 is 12.3. The molecule has 3 aliphatic rings. The van der Waals surface area contributed by atoms with Crippen LogP contribution in [0.15, 0.2) is 11.6 Å². The number of aliphatic hydroxyl groups excluding tert-OH is 1. The van der Waals surface area contributed by atoms with Crippen LogP contribution in [0.25, 0.3) is 0 Å². The van der Waals surface area contributed by atoms with Gasteiger partial charge in [0.15, 0.2) is 0 Å². The predicted octanol–water partition coefficient (Wildman–Crippen LogP) is 4.10. The molecule has 1 spiro atoms. The topological polar surface area (TPSA) is 93.1 Å². The number of carboxylic acids is 1. The zero-order valence-corrected chi connectivity index (χ0v) is 19.3. The minimum absolute atomic E-state index is 0.0181. The van der Waals surface area contributed by atoms with Crippen LogP contribution in [-0.2, 0) is 19.1 Å². The molecule has 2 aliphatic carbocycles. The maximum absolute atomic E-state index is 12.2. The second-order valence-electron chi connectivity index (χ2n) is 11.1. The maximum atomic E-state index is 12.2. The molecule has 0 bridgehead atoms. The van der Waals surface area contributed by atoms with E-state index in [-0.39, 0.29) is 41.7 Å². The minimum Gasteiger partial charge on any atom is -0.481 e. The Morgan fingerprint density at radius 1 is 1.17 bits per heavy atom. The van der Waals surface area contributed by atoms with Gasteiger partial charge in [0.25, 0.3) is 0 Å². The van der Waals surface area contributed by atoms with Gasteiger partial charge in [-0.05, 0) is 43.6 Å². The van der Waals surface area contributed by atoms with E-state index < -0.39 is 23.3 Å². The lowest BCUT2D eigenvalue weighted by Crippen LogP contribution is -2.64. The first-order chi connectivity index (χ1) is 13.8. The van der Waals surface area contributed by atoms with Crippen molar-refractivity contribution >= 4 is 11.9 Å². The fraction of sp³-hybridized carbons (Fsp3) is 0.833. The lowest BCUT2D eigenvalue weighted by atomic mass is 9.46. The Morgan fingerprint density at radius 2 is 1.83 bits per heavy atom. The fourth-order valence-corrected chi connectivity index (χ4v) is 6.70. The zero-order chi connectivity index (χ0) is 22.5. The number of carbonyl (C=O) groups excluding carboxylic acids is 1. The van der Waals surface area contributed by atoms with Gasteiger partial charge >= 0.3 is 11.9 Å². The number of hydrogen-bond acceptors (Lipinski definition) is 5. The molecule has 5 unspecified atom stereocenters. The van der Waals surface area contributed by atoms with Crippen molar-refractivity contribution in [1.29, 1.82) is 0 Å². The minimum atomic E-state index is -0.882.